The summed E-state index contributed by atoms with van der Waals surface area (Å²) >= 11 is 0. The molecule has 1 fully saturated rings. The van der Waals surface area contributed by atoms with Gasteiger partial charge in [0.2, 0.25) is 5.91 Å². The lowest BCUT2D eigenvalue weighted by atomic mass is 10.00. The smallest absolute Gasteiger partial charge is 0.237 e. The van der Waals surface area contributed by atoms with Gasteiger partial charge >= 0.3 is 0 Å². The molecule has 2 aromatic rings. The van der Waals surface area contributed by atoms with Gasteiger partial charge in [0, 0.05) is 25.7 Å². The van der Waals surface area contributed by atoms with Crippen LogP contribution in [0, 0.1) is 17.1 Å². The van der Waals surface area contributed by atoms with E-state index < -0.39 is 21.5 Å². The van der Waals surface area contributed by atoms with E-state index in [4.69, 9.17) is 5.26 Å². The summed E-state index contributed by atoms with van der Waals surface area (Å²) in [4.78, 5) is 13.8. The van der Waals surface area contributed by atoms with E-state index >= 15 is 0 Å². The highest BCUT2D eigenvalue weighted by molar-refractivity contribution is 7.91. The number of rotatable bonds is 9. The van der Waals surface area contributed by atoms with E-state index in [-0.39, 0.29) is 23.7 Å². The Kier molecular flexibility index (Phi) is 7.96. The van der Waals surface area contributed by atoms with Crippen LogP contribution < -0.4 is 10.9 Å². The molecule has 3 rings (SSSR count). The van der Waals surface area contributed by atoms with Crippen molar-refractivity contribution in [3.63, 3.8) is 0 Å². The normalized spacial score (nSPS) is 18.3. The fourth-order valence-corrected chi connectivity index (χ4v) is 5.10. The van der Waals surface area contributed by atoms with Crippen molar-refractivity contribution in [3.8, 4) is 6.07 Å². The Bertz CT molecular complexity index is 1070. The van der Waals surface area contributed by atoms with E-state index in [9.17, 15) is 17.6 Å². The van der Waals surface area contributed by atoms with Crippen LogP contribution in [-0.4, -0.2) is 44.6 Å². The number of halogens is 1. The highest BCUT2D eigenvalue weighted by Crippen LogP contribution is 2.24. The second-order valence-electron chi connectivity index (χ2n) is 8.12. The molecular formula is C23H27FN4O3S. The predicted octanol–water partition coefficient (Wildman–Crippen LogP) is 2.46. The van der Waals surface area contributed by atoms with Crippen LogP contribution in [0.4, 0.5) is 4.39 Å². The molecule has 2 aromatic carbocycles. The lowest BCUT2D eigenvalue weighted by Crippen LogP contribution is -2.35. The Hall–Kier alpha value is -2.80. The number of amides is 1. The second kappa shape index (κ2) is 10.7. The maximum Gasteiger partial charge on any atom is 0.237 e. The first-order valence-electron chi connectivity index (χ1n) is 10.5. The molecule has 0 spiro atoms. The summed E-state index contributed by atoms with van der Waals surface area (Å²) in [6.45, 7) is 0.463. The topological polar surface area (TPSA) is 102 Å². The molecule has 1 aliphatic heterocycles. The summed E-state index contributed by atoms with van der Waals surface area (Å²) in [5.74, 6) is -1.47. The van der Waals surface area contributed by atoms with Crippen molar-refractivity contribution in [1.82, 2.24) is 15.8 Å². The molecule has 1 heterocycles. The van der Waals surface area contributed by atoms with Gasteiger partial charge in [0.15, 0.2) is 9.84 Å². The number of carbonyl (C=O) groups excluding carboxylic acids is 1. The molecule has 1 amide bonds. The van der Waals surface area contributed by atoms with Crippen molar-refractivity contribution >= 4 is 15.7 Å². The maximum atomic E-state index is 13.1. The number of benzene rings is 2. The minimum absolute atomic E-state index is 0.104. The number of nitrogens with zero attached hydrogens (tertiary/aromatic N) is 2. The molecule has 0 bridgehead atoms. The minimum Gasteiger partial charge on any atom is -0.345 e. The number of hydrogen-bond donors (Lipinski definition) is 2. The van der Waals surface area contributed by atoms with Crippen LogP contribution >= 0.6 is 0 Å². The van der Waals surface area contributed by atoms with Crippen LogP contribution in [0.3, 0.4) is 0 Å². The maximum absolute atomic E-state index is 13.1. The molecule has 2 N–H and O–H groups in total. The van der Waals surface area contributed by atoms with Crippen molar-refractivity contribution in [3.05, 3.63) is 71.0 Å². The van der Waals surface area contributed by atoms with Gasteiger partial charge < -0.3 is 4.90 Å². The van der Waals surface area contributed by atoms with E-state index in [0.717, 1.165) is 24.8 Å². The van der Waals surface area contributed by atoms with Crippen molar-refractivity contribution in [1.29, 1.82) is 5.26 Å². The lowest BCUT2D eigenvalue weighted by molar-refractivity contribution is -0.127. The molecule has 0 radical (unpaired) electrons. The molecular weight excluding hydrogens is 431 g/mol. The zero-order chi connectivity index (χ0) is 23.1. The number of carbonyl (C=O) groups is 1. The molecule has 0 saturated carbocycles. The third kappa shape index (κ3) is 6.85. The monoisotopic (exact) mass is 458 g/mol. The summed E-state index contributed by atoms with van der Waals surface area (Å²) in [5.41, 5.74) is 8.47. The molecule has 9 heteroatoms. The first-order valence-corrected chi connectivity index (χ1v) is 12.3. The fraction of sp³-hybridized carbons (Fsp3) is 0.391. The molecule has 1 saturated heterocycles. The third-order valence-corrected chi connectivity index (χ3v) is 7.00. The Morgan fingerprint density at radius 3 is 2.50 bits per heavy atom. The van der Waals surface area contributed by atoms with Gasteiger partial charge in [0.05, 0.1) is 17.4 Å². The van der Waals surface area contributed by atoms with Crippen molar-refractivity contribution in [2.45, 2.75) is 37.1 Å². The average Bonchev–Trinajstić information content (AvgIpc) is 3.23. The van der Waals surface area contributed by atoms with Gasteiger partial charge in [-0.15, -0.1) is 0 Å². The molecule has 0 aliphatic carbocycles. The molecule has 7 nitrogen and oxygen atoms in total. The van der Waals surface area contributed by atoms with Gasteiger partial charge in [-0.3, -0.25) is 15.6 Å². The zero-order valence-corrected chi connectivity index (χ0v) is 18.7. The number of nitrogens with one attached hydrogen (secondary N) is 2. The Morgan fingerprint density at radius 1 is 1.16 bits per heavy atom. The summed E-state index contributed by atoms with van der Waals surface area (Å²) in [7, 11) is -1.99. The summed E-state index contributed by atoms with van der Waals surface area (Å²) < 4.78 is 37.9. The number of nitriles is 1. The van der Waals surface area contributed by atoms with Crippen molar-refractivity contribution in [2.75, 3.05) is 19.3 Å². The predicted molar refractivity (Wildman–Crippen MR) is 119 cm³/mol. The molecule has 2 unspecified atom stereocenters. The first-order chi connectivity index (χ1) is 15.3. The van der Waals surface area contributed by atoms with Crippen LogP contribution in [0.1, 0.15) is 42.0 Å². The van der Waals surface area contributed by atoms with Crippen LogP contribution in [0.15, 0.2) is 48.5 Å². The molecule has 2 atom stereocenters. The molecule has 170 valence electrons. The Morgan fingerprint density at radius 2 is 1.84 bits per heavy atom. The molecule has 0 aromatic heterocycles. The summed E-state index contributed by atoms with van der Waals surface area (Å²) in [6, 6.07) is 15.0. The molecule has 32 heavy (non-hydrogen) atoms. The van der Waals surface area contributed by atoms with Crippen molar-refractivity contribution < 1.29 is 17.6 Å². The Labute approximate surface area is 188 Å². The van der Waals surface area contributed by atoms with Crippen LogP contribution in [0.5, 0.6) is 0 Å². The molecule has 1 aliphatic rings. The second-order valence-corrected chi connectivity index (χ2v) is 10.2. The largest absolute Gasteiger partial charge is 0.345 e. The zero-order valence-electron chi connectivity index (χ0n) is 17.9. The van der Waals surface area contributed by atoms with E-state index in [2.05, 4.69) is 10.9 Å². The minimum atomic E-state index is -3.60. The SMILES string of the molecule is CN(CCCC1CC(c2ccc(F)cc2)NN1)C(=O)CS(=O)(=O)Cc1ccc(C#N)cc1. The average molecular weight is 459 g/mol. The van der Waals surface area contributed by atoms with E-state index in [0.29, 0.717) is 17.7 Å². The highest BCUT2D eigenvalue weighted by Gasteiger charge is 2.25. The lowest BCUT2D eigenvalue weighted by Gasteiger charge is -2.18. The summed E-state index contributed by atoms with van der Waals surface area (Å²) in [5, 5.41) is 8.82. The van der Waals surface area contributed by atoms with E-state index in [1.165, 1.54) is 17.0 Å². The Balaban J connectivity index is 1.40. The van der Waals surface area contributed by atoms with Gasteiger partial charge in [-0.25, -0.2) is 12.8 Å². The third-order valence-electron chi connectivity index (χ3n) is 5.54. The van der Waals surface area contributed by atoms with Crippen LogP contribution in [-0.2, 0) is 20.4 Å². The van der Waals surface area contributed by atoms with Gasteiger partial charge in [0.1, 0.15) is 11.6 Å². The quantitative estimate of drug-likeness (QED) is 0.599. The highest BCUT2D eigenvalue weighted by atomic mass is 32.2. The van der Waals surface area contributed by atoms with Crippen molar-refractivity contribution in [2.24, 2.45) is 0 Å². The van der Waals surface area contributed by atoms with Gasteiger partial charge in [-0.1, -0.05) is 24.3 Å². The van der Waals surface area contributed by atoms with Crippen LogP contribution in [0.25, 0.3) is 0 Å². The number of hydrogen-bond acceptors (Lipinski definition) is 6. The standard InChI is InChI=1S/C23H27FN4O3S/c1-28(23(29)16-32(30,31)15-18-6-4-17(14-25)5-7-18)12-2-3-21-13-22(27-26-21)19-8-10-20(24)11-9-19/h4-11,21-22,26-27H,2-3,12-13,15-16H2,1H3. The summed E-state index contributed by atoms with van der Waals surface area (Å²) in [6.07, 6.45) is 2.40. The number of hydrazine groups is 1. The van der Waals surface area contributed by atoms with Gasteiger partial charge in [0.25, 0.3) is 0 Å². The number of sulfone groups is 1. The fourth-order valence-electron chi connectivity index (χ4n) is 3.70. The van der Waals surface area contributed by atoms with Gasteiger partial charge in [-0.05, 0) is 54.7 Å². The van der Waals surface area contributed by atoms with Gasteiger partial charge in [-0.2, -0.15) is 5.26 Å². The van der Waals surface area contributed by atoms with Crippen LogP contribution in [0.2, 0.25) is 0 Å². The first kappa shape index (κ1) is 23.9. The van der Waals surface area contributed by atoms with E-state index in [1.807, 2.05) is 6.07 Å². The van der Waals surface area contributed by atoms with E-state index in [1.54, 1.807) is 43.4 Å².